The second-order valence-electron chi connectivity index (χ2n) is 6.95. The normalized spacial score (nSPS) is 16.1. The monoisotopic (exact) mass is 376 g/mol. The molecular weight excluding hydrogens is 340 g/mol. The van der Waals surface area contributed by atoms with Gasteiger partial charge in [-0.15, -0.1) is 0 Å². The van der Waals surface area contributed by atoms with Crippen LogP contribution < -0.4 is 15.4 Å². The van der Waals surface area contributed by atoms with Crippen molar-refractivity contribution in [3.8, 4) is 0 Å². The molecule has 1 aliphatic rings. The number of guanidine groups is 1. The Kier molecular flexibility index (Phi) is 11.1. The molecule has 0 atom stereocenters. The molecule has 25 heavy (non-hydrogen) atoms. The van der Waals surface area contributed by atoms with Gasteiger partial charge in [0, 0.05) is 26.2 Å². The van der Waals surface area contributed by atoms with E-state index in [0.29, 0.717) is 44.0 Å². The van der Waals surface area contributed by atoms with Gasteiger partial charge in [0.05, 0.1) is 18.9 Å². The minimum atomic E-state index is -3.22. The van der Waals surface area contributed by atoms with Crippen molar-refractivity contribution in [2.24, 2.45) is 16.8 Å². The number of sulfonamides is 1. The van der Waals surface area contributed by atoms with Gasteiger partial charge in [0.25, 0.3) is 0 Å². The average Bonchev–Trinajstić information content (AvgIpc) is 2.48. The Hall–Kier alpha value is -0.860. The third-order valence-corrected chi connectivity index (χ3v) is 5.52. The van der Waals surface area contributed by atoms with Crippen LogP contribution in [-0.4, -0.2) is 59.5 Å². The second-order valence-corrected chi connectivity index (χ2v) is 8.87. The van der Waals surface area contributed by atoms with Crippen LogP contribution in [0.2, 0.25) is 0 Å². The molecule has 0 heterocycles. The van der Waals surface area contributed by atoms with Crippen LogP contribution in [0.3, 0.4) is 0 Å². The molecule has 148 valence electrons. The van der Waals surface area contributed by atoms with E-state index in [2.05, 4.69) is 34.2 Å². The predicted molar refractivity (Wildman–Crippen MR) is 103 cm³/mol. The molecule has 1 rings (SSSR count). The number of nitrogens with one attached hydrogen (secondary N) is 3. The summed E-state index contributed by atoms with van der Waals surface area (Å²) < 4.78 is 32.2. The third-order valence-electron chi connectivity index (χ3n) is 4.17. The van der Waals surface area contributed by atoms with Gasteiger partial charge in [-0.1, -0.05) is 20.3 Å². The van der Waals surface area contributed by atoms with E-state index in [4.69, 9.17) is 4.74 Å². The molecular formula is C17H36N4O3S. The fourth-order valence-electron chi connectivity index (χ4n) is 2.30. The van der Waals surface area contributed by atoms with Crippen LogP contribution >= 0.6 is 0 Å². The maximum absolute atomic E-state index is 12.0. The smallest absolute Gasteiger partial charge is 0.213 e. The van der Waals surface area contributed by atoms with Crippen LogP contribution in [0.15, 0.2) is 4.99 Å². The van der Waals surface area contributed by atoms with Crippen LogP contribution in [0.1, 0.15) is 46.5 Å². The Labute approximate surface area is 153 Å². The SMILES string of the molecule is CCNC(=NCCOCCC(C)C)NCCS(=O)(=O)NCC1CCC1. The van der Waals surface area contributed by atoms with Crippen LogP contribution in [0, 0.1) is 11.8 Å². The maximum atomic E-state index is 12.0. The van der Waals surface area contributed by atoms with Crippen molar-refractivity contribution in [1.29, 1.82) is 0 Å². The lowest BCUT2D eigenvalue weighted by atomic mass is 9.86. The molecule has 3 N–H and O–H groups in total. The third kappa shape index (κ3) is 11.4. The van der Waals surface area contributed by atoms with Gasteiger partial charge in [-0.05, 0) is 38.0 Å². The molecule has 7 nitrogen and oxygen atoms in total. The zero-order chi connectivity index (χ0) is 18.5. The van der Waals surface area contributed by atoms with E-state index in [1.165, 1.54) is 6.42 Å². The van der Waals surface area contributed by atoms with Gasteiger partial charge in [0.2, 0.25) is 10.0 Å². The summed E-state index contributed by atoms with van der Waals surface area (Å²) in [4.78, 5) is 4.40. The van der Waals surface area contributed by atoms with Crippen LogP contribution in [0.4, 0.5) is 0 Å². The molecule has 1 aliphatic carbocycles. The van der Waals surface area contributed by atoms with Crippen molar-refractivity contribution in [3.05, 3.63) is 0 Å². The van der Waals surface area contributed by atoms with Gasteiger partial charge >= 0.3 is 0 Å². The van der Waals surface area contributed by atoms with Crippen molar-refractivity contribution in [2.75, 3.05) is 45.1 Å². The molecule has 0 aromatic rings. The first-order valence-corrected chi connectivity index (χ1v) is 11.2. The number of rotatable bonds is 13. The minimum absolute atomic E-state index is 0.0506. The lowest BCUT2D eigenvalue weighted by molar-refractivity contribution is 0.130. The molecule has 0 saturated heterocycles. The fraction of sp³-hybridized carbons (Fsp3) is 0.941. The molecule has 1 fully saturated rings. The van der Waals surface area contributed by atoms with Gasteiger partial charge < -0.3 is 15.4 Å². The zero-order valence-electron chi connectivity index (χ0n) is 16.0. The Morgan fingerprint density at radius 2 is 2.00 bits per heavy atom. The highest BCUT2D eigenvalue weighted by Gasteiger charge is 2.19. The van der Waals surface area contributed by atoms with Crippen LogP contribution in [0.5, 0.6) is 0 Å². The largest absolute Gasteiger partial charge is 0.380 e. The molecule has 0 spiro atoms. The van der Waals surface area contributed by atoms with Crippen molar-refractivity contribution in [2.45, 2.75) is 46.5 Å². The molecule has 0 radical (unpaired) electrons. The first-order valence-electron chi connectivity index (χ1n) is 9.50. The van der Waals surface area contributed by atoms with Gasteiger partial charge in [-0.25, -0.2) is 13.1 Å². The number of hydrogen-bond acceptors (Lipinski definition) is 4. The number of ether oxygens (including phenoxy) is 1. The van der Waals surface area contributed by atoms with Crippen molar-refractivity contribution in [1.82, 2.24) is 15.4 Å². The summed E-state index contributed by atoms with van der Waals surface area (Å²) in [6.07, 6.45) is 4.54. The minimum Gasteiger partial charge on any atom is -0.380 e. The Morgan fingerprint density at radius 1 is 1.24 bits per heavy atom. The summed E-state index contributed by atoms with van der Waals surface area (Å²) in [7, 11) is -3.22. The summed E-state index contributed by atoms with van der Waals surface area (Å²) >= 11 is 0. The Morgan fingerprint density at radius 3 is 2.60 bits per heavy atom. The number of hydrogen-bond donors (Lipinski definition) is 3. The second kappa shape index (κ2) is 12.5. The molecule has 8 heteroatoms. The van der Waals surface area contributed by atoms with Crippen molar-refractivity contribution >= 4 is 16.0 Å². The first-order chi connectivity index (χ1) is 11.9. The van der Waals surface area contributed by atoms with Crippen molar-refractivity contribution in [3.63, 3.8) is 0 Å². The predicted octanol–water partition coefficient (Wildman–Crippen LogP) is 1.32. The van der Waals surface area contributed by atoms with Gasteiger partial charge in [-0.3, -0.25) is 4.99 Å². The molecule has 0 unspecified atom stereocenters. The van der Waals surface area contributed by atoms with E-state index < -0.39 is 10.0 Å². The van der Waals surface area contributed by atoms with Gasteiger partial charge in [-0.2, -0.15) is 0 Å². The lowest BCUT2D eigenvalue weighted by Crippen LogP contribution is -2.42. The molecule has 0 amide bonds. The van der Waals surface area contributed by atoms with Gasteiger partial charge in [0.1, 0.15) is 0 Å². The lowest BCUT2D eigenvalue weighted by Gasteiger charge is -2.25. The maximum Gasteiger partial charge on any atom is 0.213 e. The number of nitrogens with zero attached hydrogens (tertiary/aromatic N) is 1. The fourth-order valence-corrected chi connectivity index (χ4v) is 3.31. The van der Waals surface area contributed by atoms with E-state index in [1.54, 1.807) is 0 Å². The molecule has 0 aromatic heterocycles. The zero-order valence-corrected chi connectivity index (χ0v) is 16.8. The Bertz CT molecular complexity index is 476. The molecule has 0 aliphatic heterocycles. The van der Waals surface area contributed by atoms with E-state index in [9.17, 15) is 8.42 Å². The molecule has 1 saturated carbocycles. The quantitative estimate of drug-likeness (QED) is 0.256. The molecule has 0 aromatic carbocycles. The number of aliphatic imine (C=N–C) groups is 1. The summed E-state index contributed by atoms with van der Waals surface area (Å²) in [5, 5.41) is 6.18. The first kappa shape index (κ1) is 22.2. The average molecular weight is 377 g/mol. The molecule has 0 bridgehead atoms. The highest BCUT2D eigenvalue weighted by molar-refractivity contribution is 7.89. The van der Waals surface area contributed by atoms with E-state index in [-0.39, 0.29) is 5.75 Å². The van der Waals surface area contributed by atoms with E-state index in [0.717, 1.165) is 32.4 Å². The standard InChI is InChI=1S/C17H36N4O3S/c1-4-18-17(19-9-12-24-11-8-15(2)3)20-10-13-25(22,23)21-14-16-6-5-7-16/h15-16,21H,4-14H2,1-3H3,(H2,18,19,20). The van der Waals surface area contributed by atoms with Gasteiger partial charge in [0.15, 0.2) is 5.96 Å². The van der Waals surface area contributed by atoms with Crippen LogP contribution in [-0.2, 0) is 14.8 Å². The van der Waals surface area contributed by atoms with Crippen molar-refractivity contribution < 1.29 is 13.2 Å². The highest BCUT2D eigenvalue weighted by atomic mass is 32.2. The van der Waals surface area contributed by atoms with E-state index in [1.807, 2.05) is 6.92 Å². The summed E-state index contributed by atoms with van der Waals surface area (Å²) in [5.41, 5.74) is 0. The summed E-state index contributed by atoms with van der Waals surface area (Å²) in [6.45, 7) is 9.84. The Balaban J connectivity index is 2.20. The summed E-state index contributed by atoms with van der Waals surface area (Å²) in [5.74, 6) is 1.85. The summed E-state index contributed by atoms with van der Waals surface area (Å²) in [6, 6.07) is 0. The topological polar surface area (TPSA) is 91.8 Å². The van der Waals surface area contributed by atoms with E-state index >= 15 is 0 Å². The van der Waals surface area contributed by atoms with Crippen LogP contribution in [0.25, 0.3) is 0 Å². The highest BCUT2D eigenvalue weighted by Crippen LogP contribution is 2.25.